The SMILES string of the molecule is Oc1ccccc1N1C(=S)NC(c2ccccn2)C1c1cccn1-c1ccc(Cl)cn1. The lowest BCUT2D eigenvalue weighted by Gasteiger charge is -2.29. The predicted octanol–water partition coefficient (Wildman–Crippen LogP) is 4.80. The molecule has 31 heavy (non-hydrogen) atoms. The number of pyridine rings is 2. The van der Waals surface area contributed by atoms with Crippen LogP contribution in [0.15, 0.2) is 85.3 Å². The molecule has 1 aliphatic rings. The highest BCUT2D eigenvalue weighted by Gasteiger charge is 2.43. The van der Waals surface area contributed by atoms with E-state index in [1.807, 2.05) is 70.3 Å². The van der Waals surface area contributed by atoms with E-state index in [2.05, 4.69) is 15.3 Å². The van der Waals surface area contributed by atoms with Crippen molar-refractivity contribution in [1.82, 2.24) is 19.9 Å². The van der Waals surface area contributed by atoms with Gasteiger partial charge < -0.3 is 19.9 Å². The van der Waals surface area contributed by atoms with Gasteiger partial charge in [0.05, 0.1) is 22.4 Å². The minimum atomic E-state index is -0.275. The fraction of sp³-hybridized carbons (Fsp3) is 0.0870. The summed E-state index contributed by atoms with van der Waals surface area (Å²) in [5.41, 5.74) is 2.42. The Morgan fingerprint density at radius 3 is 2.55 bits per heavy atom. The molecule has 8 heteroatoms. The van der Waals surface area contributed by atoms with Crippen molar-refractivity contribution in [3.63, 3.8) is 0 Å². The molecule has 154 valence electrons. The summed E-state index contributed by atoms with van der Waals surface area (Å²) in [6.07, 6.45) is 5.33. The molecule has 1 aliphatic heterocycles. The predicted molar refractivity (Wildman–Crippen MR) is 125 cm³/mol. The Hall–Kier alpha value is -3.42. The highest BCUT2D eigenvalue weighted by Crippen LogP contribution is 2.44. The molecule has 2 unspecified atom stereocenters. The van der Waals surface area contributed by atoms with Crippen molar-refractivity contribution >= 4 is 34.6 Å². The van der Waals surface area contributed by atoms with Gasteiger partial charge in [-0.15, -0.1) is 0 Å². The fourth-order valence-electron chi connectivity index (χ4n) is 3.94. The number of thiocarbonyl (C=S) groups is 1. The highest BCUT2D eigenvalue weighted by atomic mass is 35.5. The third-order valence-corrected chi connectivity index (χ3v) is 5.82. The number of rotatable bonds is 4. The van der Waals surface area contributed by atoms with Gasteiger partial charge in [0, 0.05) is 24.3 Å². The van der Waals surface area contributed by atoms with Gasteiger partial charge in [-0.2, -0.15) is 0 Å². The molecule has 0 amide bonds. The first-order valence-corrected chi connectivity index (χ1v) is 10.5. The molecule has 3 aromatic heterocycles. The second kappa shape index (κ2) is 8.02. The Kier molecular flexibility index (Phi) is 5.05. The van der Waals surface area contributed by atoms with Crippen LogP contribution in [0.5, 0.6) is 5.75 Å². The van der Waals surface area contributed by atoms with Gasteiger partial charge in [-0.05, 0) is 60.7 Å². The molecule has 1 saturated heterocycles. The second-order valence-electron chi connectivity index (χ2n) is 7.12. The number of para-hydroxylation sites is 2. The summed E-state index contributed by atoms with van der Waals surface area (Å²) < 4.78 is 2.00. The number of phenols is 1. The van der Waals surface area contributed by atoms with Crippen LogP contribution >= 0.6 is 23.8 Å². The van der Waals surface area contributed by atoms with E-state index in [4.69, 9.17) is 23.8 Å². The molecule has 0 bridgehead atoms. The van der Waals surface area contributed by atoms with E-state index in [1.165, 1.54) is 0 Å². The van der Waals surface area contributed by atoms with Gasteiger partial charge in [0.25, 0.3) is 0 Å². The average Bonchev–Trinajstić information content (AvgIpc) is 3.40. The number of anilines is 1. The zero-order valence-corrected chi connectivity index (χ0v) is 17.8. The largest absolute Gasteiger partial charge is 0.506 e. The van der Waals surface area contributed by atoms with Crippen molar-refractivity contribution in [2.75, 3.05) is 4.90 Å². The zero-order chi connectivity index (χ0) is 21.4. The Morgan fingerprint density at radius 1 is 0.968 bits per heavy atom. The molecule has 0 spiro atoms. The average molecular weight is 448 g/mol. The Bertz CT molecular complexity index is 1230. The maximum atomic E-state index is 10.6. The first-order valence-electron chi connectivity index (χ1n) is 9.71. The van der Waals surface area contributed by atoms with Crippen LogP contribution in [-0.4, -0.2) is 24.8 Å². The molecule has 5 rings (SSSR count). The van der Waals surface area contributed by atoms with Crippen molar-refractivity contribution in [3.8, 4) is 11.6 Å². The molecule has 1 fully saturated rings. The number of hydrogen-bond donors (Lipinski definition) is 2. The maximum absolute atomic E-state index is 10.6. The van der Waals surface area contributed by atoms with E-state index in [-0.39, 0.29) is 17.8 Å². The molecule has 0 saturated carbocycles. The standard InChI is InChI=1S/C23H18ClN5OS/c24-15-10-11-20(26-14-15)28-13-5-8-18(28)22-21(16-6-3-4-12-25-16)27-23(31)29(22)17-7-1-2-9-19(17)30/h1-14,21-22,30H,(H,27,31). The lowest BCUT2D eigenvalue weighted by atomic mass is 10.0. The van der Waals surface area contributed by atoms with Crippen molar-refractivity contribution in [2.24, 2.45) is 0 Å². The number of halogens is 1. The van der Waals surface area contributed by atoms with Gasteiger partial charge in [0.15, 0.2) is 5.11 Å². The van der Waals surface area contributed by atoms with E-state index in [0.717, 1.165) is 17.2 Å². The Labute approximate surface area is 189 Å². The minimum Gasteiger partial charge on any atom is -0.506 e. The molecule has 1 aromatic carbocycles. The Balaban J connectivity index is 1.68. The third-order valence-electron chi connectivity index (χ3n) is 5.28. The summed E-state index contributed by atoms with van der Waals surface area (Å²) in [6, 6.07) is 20.1. The van der Waals surface area contributed by atoms with E-state index in [1.54, 1.807) is 24.5 Å². The lowest BCUT2D eigenvalue weighted by Crippen LogP contribution is -2.30. The number of benzene rings is 1. The van der Waals surface area contributed by atoms with Crippen molar-refractivity contribution in [1.29, 1.82) is 0 Å². The van der Waals surface area contributed by atoms with E-state index in [9.17, 15) is 5.11 Å². The molecule has 0 aliphatic carbocycles. The molecular weight excluding hydrogens is 430 g/mol. The zero-order valence-electron chi connectivity index (χ0n) is 16.3. The van der Waals surface area contributed by atoms with Crippen LogP contribution in [0, 0.1) is 0 Å². The van der Waals surface area contributed by atoms with E-state index >= 15 is 0 Å². The van der Waals surface area contributed by atoms with Crippen LogP contribution < -0.4 is 10.2 Å². The summed E-state index contributed by atoms with van der Waals surface area (Å²) in [5, 5.41) is 15.1. The Morgan fingerprint density at radius 2 is 1.81 bits per heavy atom. The molecular formula is C23H18ClN5OS. The van der Waals surface area contributed by atoms with Crippen LogP contribution in [-0.2, 0) is 0 Å². The molecule has 2 atom stereocenters. The van der Waals surface area contributed by atoms with Gasteiger partial charge in [0.1, 0.15) is 17.6 Å². The molecule has 2 N–H and O–H groups in total. The second-order valence-corrected chi connectivity index (χ2v) is 7.95. The highest BCUT2D eigenvalue weighted by molar-refractivity contribution is 7.80. The van der Waals surface area contributed by atoms with Gasteiger partial charge in [-0.1, -0.05) is 29.8 Å². The van der Waals surface area contributed by atoms with E-state index in [0.29, 0.717) is 15.8 Å². The van der Waals surface area contributed by atoms with Crippen molar-refractivity contribution in [2.45, 2.75) is 12.1 Å². The van der Waals surface area contributed by atoms with Gasteiger partial charge in [0.2, 0.25) is 0 Å². The van der Waals surface area contributed by atoms with Crippen LogP contribution in [0.25, 0.3) is 5.82 Å². The van der Waals surface area contributed by atoms with Gasteiger partial charge in [-0.3, -0.25) is 4.98 Å². The molecule has 4 heterocycles. The molecule has 4 aromatic rings. The van der Waals surface area contributed by atoms with Crippen LogP contribution in [0.4, 0.5) is 5.69 Å². The fourth-order valence-corrected chi connectivity index (χ4v) is 4.39. The number of nitrogens with one attached hydrogen (secondary N) is 1. The number of nitrogens with zero attached hydrogens (tertiary/aromatic N) is 4. The first kappa shape index (κ1) is 19.5. The maximum Gasteiger partial charge on any atom is 0.174 e. The summed E-state index contributed by atoms with van der Waals surface area (Å²) in [5.74, 6) is 0.889. The van der Waals surface area contributed by atoms with Gasteiger partial charge in [-0.25, -0.2) is 4.98 Å². The smallest absolute Gasteiger partial charge is 0.174 e. The van der Waals surface area contributed by atoms with E-state index < -0.39 is 0 Å². The monoisotopic (exact) mass is 447 g/mol. The summed E-state index contributed by atoms with van der Waals surface area (Å²) >= 11 is 11.8. The molecule has 6 nitrogen and oxygen atoms in total. The number of aromatic nitrogens is 3. The lowest BCUT2D eigenvalue weighted by molar-refractivity contribution is 0.472. The summed E-state index contributed by atoms with van der Waals surface area (Å²) in [7, 11) is 0. The minimum absolute atomic E-state index is 0.154. The third kappa shape index (κ3) is 3.52. The summed E-state index contributed by atoms with van der Waals surface area (Å²) in [4.78, 5) is 11.0. The van der Waals surface area contributed by atoms with Crippen molar-refractivity contribution < 1.29 is 5.11 Å². The van der Waals surface area contributed by atoms with Crippen LogP contribution in [0.1, 0.15) is 23.5 Å². The number of phenolic OH excluding ortho intramolecular Hbond substituents is 1. The van der Waals surface area contributed by atoms with Crippen LogP contribution in [0.2, 0.25) is 5.02 Å². The number of hydrogen-bond acceptors (Lipinski definition) is 4. The quantitative estimate of drug-likeness (QED) is 0.438. The molecule has 0 radical (unpaired) electrons. The summed E-state index contributed by atoms with van der Waals surface area (Å²) in [6.45, 7) is 0. The first-order chi connectivity index (χ1) is 15.1. The van der Waals surface area contributed by atoms with Gasteiger partial charge >= 0.3 is 0 Å². The van der Waals surface area contributed by atoms with Crippen molar-refractivity contribution in [3.05, 3.63) is 102 Å². The topological polar surface area (TPSA) is 66.2 Å². The normalized spacial score (nSPS) is 18.2. The van der Waals surface area contributed by atoms with Crippen LogP contribution in [0.3, 0.4) is 0 Å². The number of aromatic hydroxyl groups is 1.